The highest BCUT2D eigenvalue weighted by molar-refractivity contribution is 5.15. The van der Waals surface area contributed by atoms with Gasteiger partial charge in [0.25, 0.3) is 0 Å². The third kappa shape index (κ3) is 5.68. The zero-order valence-electron chi connectivity index (χ0n) is 11.9. The Balaban J connectivity index is 2.45. The minimum absolute atomic E-state index is 0.317. The van der Waals surface area contributed by atoms with Crippen LogP contribution in [0, 0.1) is 11.8 Å². The fourth-order valence-electron chi connectivity index (χ4n) is 2.62. The van der Waals surface area contributed by atoms with Gasteiger partial charge in [0.05, 0.1) is 0 Å². The zero-order valence-corrected chi connectivity index (χ0v) is 11.9. The van der Waals surface area contributed by atoms with Gasteiger partial charge in [0.2, 0.25) is 0 Å². The van der Waals surface area contributed by atoms with Crippen molar-refractivity contribution in [3.05, 3.63) is 35.9 Å². The van der Waals surface area contributed by atoms with Gasteiger partial charge in [0.1, 0.15) is 0 Å². The molecule has 0 radical (unpaired) electrons. The number of aliphatic hydroxyl groups is 1. The predicted molar refractivity (Wildman–Crippen MR) is 78.6 cm³/mol. The van der Waals surface area contributed by atoms with Gasteiger partial charge in [0.15, 0.2) is 0 Å². The van der Waals surface area contributed by atoms with E-state index in [9.17, 15) is 5.11 Å². The maximum absolute atomic E-state index is 9.56. The Kier molecular flexibility index (Phi) is 7.75. The van der Waals surface area contributed by atoms with Gasteiger partial charge in [-0.25, -0.2) is 0 Å². The second-order valence-corrected chi connectivity index (χ2v) is 5.39. The van der Waals surface area contributed by atoms with E-state index in [1.54, 1.807) is 0 Å². The maximum Gasteiger partial charge on any atom is 0.0462 e. The third-order valence-electron chi connectivity index (χ3n) is 3.84. The van der Waals surface area contributed by atoms with E-state index in [4.69, 9.17) is 0 Å². The number of unbranched alkanes of at least 4 members (excludes halogenated alkanes) is 1. The summed E-state index contributed by atoms with van der Waals surface area (Å²) < 4.78 is 0. The van der Waals surface area contributed by atoms with Gasteiger partial charge >= 0.3 is 0 Å². The molecule has 2 atom stereocenters. The largest absolute Gasteiger partial charge is 0.396 e. The lowest BCUT2D eigenvalue weighted by atomic mass is 9.86. The molecule has 0 saturated carbocycles. The number of rotatable bonds is 9. The van der Waals surface area contributed by atoms with E-state index < -0.39 is 0 Å². The number of benzene rings is 1. The van der Waals surface area contributed by atoms with Gasteiger partial charge in [0, 0.05) is 6.61 Å². The molecule has 102 valence electrons. The first-order valence-corrected chi connectivity index (χ1v) is 7.44. The molecule has 1 aromatic carbocycles. The molecule has 0 spiro atoms. The fraction of sp³-hybridized carbons (Fsp3) is 0.647. The number of hydrogen-bond donors (Lipinski definition) is 1. The molecule has 0 bridgehead atoms. The number of aliphatic hydroxyl groups excluding tert-OH is 1. The SMILES string of the molecule is CCCCC(CC)CC(CO)Cc1ccccc1. The molecule has 2 unspecified atom stereocenters. The molecule has 1 N–H and O–H groups in total. The molecule has 0 aliphatic heterocycles. The van der Waals surface area contributed by atoms with E-state index in [0.717, 1.165) is 12.3 Å². The van der Waals surface area contributed by atoms with Gasteiger partial charge < -0.3 is 5.11 Å². The second kappa shape index (κ2) is 9.16. The average molecular weight is 248 g/mol. The molecule has 18 heavy (non-hydrogen) atoms. The summed E-state index contributed by atoms with van der Waals surface area (Å²) in [5.74, 6) is 1.21. The van der Waals surface area contributed by atoms with Crippen LogP contribution in [0.3, 0.4) is 0 Å². The Morgan fingerprint density at radius 2 is 1.78 bits per heavy atom. The molecule has 0 amide bonds. The van der Waals surface area contributed by atoms with Crippen LogP contribution in [0.5, 0.6) is 0 Å². The summed E-state index contributed by atoms with van der Waals surface area (Å²) in [4.78, 5) is 0. The summed E-state index contributed by atoms with van der Waals surface area (Å²) in [6.45, 7) is 4.84. The lowest BCUT2D eigenvalue weighted by molar-refractivity contribution is 0.194. The zero-order chi connectivity index (χ0) is 13.2. The van der Waals surface area contributed by atoms with Gasteiger partial charge in [-0.15, -0.1) is 0 Å². The molecule has 0 fully saturated rings. The van der Waals surface area contributed by atoms with Crippen molar-refractivity contribution >= 4 is 0 Å². The van der Waals surface area contributed by atoms with E-state index >= 15 is 0 Å². The van der Waals surface area contributed by atoms with Crippen molar-refractivity contribution in [1.82, 2.24) is 0 Å². The Bertz CT molecular complexity index is 294. The Hall–Kier alpha value is -0.820. The van der Waals surface area contributed by atoms with Crippen LogP contribution in [0.1, 0.15) is 51.5 Å². The highest BCUT2D eigenvalue weighted by atomic mass is 16.3. The van der Waals surface area contributed by atoms with E-state index in [2.05, 4.69) is 38.1 Å². The van der Waals surface area contributed by atoms with Crippen LogP contribution in [0.4, 0.5) is 0 Å². The molecule has 0 heterocycles. The monoisotopic (exact) mass is 248 g/mol. The molecule has 0 aromatic heterocycles. The first kappa shape index (κ1) is 15.2. The van der Waals surface area contributed by atoms with Crippen molar-refractivity contribution in [1.29, 1.82) is 0 Å². The normalized spacial score (nSPS) is 14.4. The van der Waals surface area contributed by atoms with Crippen molar-refractivity contribution in [3.63, 3.8) is 0 Å². The van der Waals surface area contributed by atoms with Crippen LogP contribution in [0.25, 0.3) is 0 Å². The Morgan fingerprint density at radius 1 is 1.06 bits per heavy atom. The summed E-state index contributed by atoms with van der Waals surface area (Å²) in [5.41, 5.74) is 1.35. The minimum Gasteiger partial charge on any atom is -0.396 e. The lowest BCUT2D eigenvalue weighted by Crippen LogP contribution is -2.15. The lowest BCUT2D eigenvalue weighted by Gasteiger charge is -2.21. The third-order valence-corrected chi connectivity index (χ3v) is 3.84. The van der Waals surface area contributed by atoms with E-state index in [-0.39, 0.29) is 0 Å². The molecular formula is C17H28O. The van der Waals surface area contributed by atoms with E-state index in [0.29, 0.717) is 12.5 Å². The predicted octanol–water partition coefficient (Wildman–Crippen LogP) is 4.44. The highest BCUT2D eigenvalue weighted by Gasteiger charge is 2.15. The summed E-state index contributed by atoms with van der Waals surface area (Å²) in [5, 5.41) is 9.56. The summed E-state index contributed by atoms with van der Waals surface area (Å²) in [6.07, 6.45) is 7.34. The molecule has 0 aliphatic carbocycles. The fourth-order valence-corrected chi connectivity index (χ4v) is 2.62. The van der Waals surface area contributed by atoms with Crippen molar-refractivity contribution in [2.75, 3.05) is 6.61 Å². The van der Waals surface area contributed by atoms with Gasteiger partial charge in [-0.05, 0) is 30.2 Å². The maximum atomic E-state index is 9.56. The summed E-state index contributed by atoms with van der Waals surface area (Å²) >= 11 is 0. The molecule has 0 aliphatic rings. The average Bonchev–Trinajstić information content (AvgIpc) is 2.43. The quantitative estimate of drug-likeness (QED) is 0.685. The minimum atomic E-state index is 0.317. The van der Waals surface area contributed by atoms with Crippen molar-refractivity contribution in [3.8, 4) is 0 Å². The topological polar surface area (TPSA) is 20.2 Å². The van der Waals surface area contributed by atoms with E-state index in [1.165, 1.54) is 37.7 Å². The van der Waals surface area contributed by atoms with Crippen LogP contribution in [-0.2, 0) is 6.42 Å². The standard InChI is InChI=1S/C17H28O/c1-3-5-9-15(4-2)12-17(14-18)13-16-10-7-6-8-11-16/h6-8,10-11,15,17-18H,3-5,9,12-14H2,1-2H3. The second-order valence-electron chi connectivity index (χ2n) is 5.39. The molecule has 1 aromatic rings. The molecular weight excluding hydrogens is 220 g/mol. The van der Waals surface area contributed by atoms with Crippen LogP contribution >= 0.6 is 0 Å². The Morgan fingerprint density at radius 3 is 2.33 bits per heavy atom. The first-order valence-electron chi connectivity index (χ1n) is 7.44. The molecule has 1 rings (SSSR count). The molecule has 0 saturated heterocycles. The smallest absolute Gasteiger partial charge is 0.0462 e. The van der Waals surface area contributed by atoms with Crippen molar-refractivity contribution in [2.45, 2.75) is 52.4 Å². The summed E-state index contributed by atoms with van der Waals surface area (Å²) in [7, 11) is 0. The van der Waals surface area contributed by atoms with Crippen LogP contribution in [0.2, 0.25) is 0 Å². The highest BCUT2D eigenvalue weighted by Crippen LogP contribution is 2.23. The Labute approximate surface area is 112 Å². The van der Waals surface area contributed by atoms with Gasteiger partial charge in [-0.3, -0.25) is 0 Å². The van der Waals surface area contributed by atoms with Crippen LogP contribution in [-0.4, -0.2) is 11.7 Å². The van der Waals surface area contributed by atoms with Crippen LogP contribution < -0.4 is 0 Å². The number of hydrogen-bond acceptors (Lipinski definition) is 1. The van der Waals surface area contributed by atoms with Crippen molar-refractivity contribution < 1.29 is 5.11 Å². The van der Waals surface area contributed by atoms with Gasteiger partial charge in [-0.1, -0.05) is 69.9 Å². The first-order chi connectivity index (χ1) is 8.80. The molecule has 1 heteroatoms. The molecule has 1 nitrogen and oxygen atoms in total. The summed E-state index contributed by atoms with van der Waals surface area (Å²) in [6, 6.07) is 10.5. The van der Waals surface area contributed by atoms with Gasteiger partial charge in [-0.2, -0.15) is 0 Å². The van der Waals surface area contributed by atoms with Crippen LogP contribution in [0.15, 0.2) is 30.3 Å². The van der Waals surface area contributed by atoms with Crippen molar-refractivity contribution in [2.24, 2.45) is 11.8 Å². The van der Waals surface area contributed by atoms with E-state index in [1.807, 2.05) is 6.07 Å².